The Morgan fingerprint density at radius 3 is 2.68 bits per heavy atom. The number of likely N-dealkylation sites (N-methyl/N-ethyl adjacent to an activating group) is 1. The average molecular weight is 474 g/mol. The third-order valence-electron chi connectivity index (χ3n) is 3.45. The van der Waals surface area contributed by atoms with Crippen molar-refractivity contribution in [3.63, 3.8) is 0 Å². The molecule has 0 saturated carbocycles. The number of nitrogens with one attached hydrogen (secondary N) is 1. The standard InChI is InChI=1S/C18H26N4OS.HI/c1-4-16-13-20-17(24-16)14-21-18(19-5-2)22(3)11-12-23-15-9-7-6-8-10-15;/h6-10,13H,4-5,11-12,14H2,1-3H3,(H,19,21);1H. The van der Waals surface area contributed by atoms with Crippen molar-refractivity contribution < 1.29 is 4.74 Å². The molecule has 0 bridgehead atoms. The van der Waals surface area contributed by atoms with Crippen molar-refractivity contribution in [3.8, 4) is 5.75 Å². The maximum absolute atomic E-state index is 5.75. The van der Waals surface area contributed by atoms with E-state index in [1.54, 1.807) is 11.3 Å². The molecule has 0 spiro atoms. The number of halogens is 1. The van der Waals surface area contributed by atoms with Crippen LogP contribution in [0.4, 0.5) is 0 Å². The van der Waals surface area contributed by atoms with Gasteiger partial charge in [0.2, 0.25) is 0 Å². The molecule has 7 heteroatoms. The van der Waals surface area contributed by atoms with Gasteiger partial charge in [-0.15, -0.1) is 35.3 Å². The number of hydrogen-bond donors (Lipinski definition) is 1. The lowest BCUT2D eigenvalue weighted by Crippen LogP contribution is -2.40. The summed E-state index contributed by atoms with van der Waals surface area (Å²) in [6.07, 6.45) is 2.97. The number of guanidine groups is 1. The molecule has 0 aliphatic carbocycles. The van der Waals surface area contributed by atoms with E-state index in [1.165, 1.54) is 4.88 Å². The summed E-state index contributed by atoms with van der Waals surface area (Å²) in [5.41, 5.74) is 0. The predicted octanol–water partition coefficient (Wildman–Crippen LogP) is 3.80. The molecule has 0 atom stereocenters. The molecular formula is C18H27IN4OS. The Morgan fingerprint density at radius 1 is 1.28 bits per heavy atom. The first kappa shape index (κ1) is 21.7. The SMILES string of the molecule is CCNC(=NCc1ncc(CC)s1)N(C)CCOc1ccccc1.I. The number of hydrogen-bond acceptors (Lipinski definition) is 4. The molecule has 0 fully saturated rings. The summed E-state index contributed by atoms with van der Waals surface area (Å²) < 4.78 is 5.75. The zero-order chi connectivity index (χ0) is 17.2. The molecule has 0 aliphatic rings. The highest BCUT2D eigenvalue weighted by Crippen LogP contribution is 2.14. The van der Waals surface area contributed by atoms with Crippen molar-refractivity contribution >= 4 is 41.3 Å². The van der Waals surface area contributed by atoms with Gasteiger partial charge in [0.1, 0.15) is 17.4 Å². The number of nitrogens with zero attached hydrogens (tertiary/aromatic N) is 3. The van der Waals surface area contributed by atoms with Crippen LogP contribution >= 0.6 is 35.3 Å². The average Bonchev–Trinajstić information content (AvgIpc) is 3.07. The Balaban J connectivity index is 0.00000312. The van der Waals surface area contributed by atoms with E-state index in [0.29, 0.717) is 13.2 Å². The zero-order valence-electron chi connectivity index (χ0n) is 15.1. The van der Waals surface area contributed by atoms with Crippen molar-refractivity contribution in [2.45, 2.75) is 26.8 Å². The fourth-order valence-corrected chi connectivity index (χ4v) is 2.91. The van der Waals surface area contributed by atoms with Crippen LogP contribution in [0.3, 0.4) is 0 Å². The van der Waals surface area contributed by atoms with Gasteiger partial charge < -0.3 is 15.0 Å². The lowest BCUT2D eigenvalue weighted by Gasteiger charge is -2.22. The number of ether oxygens (including phenoxy) is 1. The smallest absolute Gasteiger partial charge is 0.194 e. The normalized spacial score (nSPS) is 10.9. The molecular weight excluding hydrogens is 447 g/mol. The Morgan fingerprint density at radius 2 is 2.04 bits per heavy atom. The van der Waals surface area contributed by atoms with E-state index < -0.39 is 0 Å². The van der Waals surface area contributed by atoms with E-state index >= 15 is 0 Å². The van der Waals surface area contributed by atoms with Crippen LogP contribution in [0.15, 0.2) is 41.5 Å². The molecule has 2 rings (SSSR count). The second-order valence-corrected chi connectivity index (χ2v) is 6.53. The lowest BCUT2D eigenvalue weighted by atomic mass is 10.3. The molecule has 1 N–H and O–H groups in total. The van der Waals surface area contributed by atoms with Gasteiger partial charge in [-0.2, -0.15) is 0 Å². The highest BCUT2D eigenvalue weighted by Gasteiger charge is 2.07. The van der Waals surface area contributed by atoms with Gasteiger partial charge >= 0.3 is 0 Å². The molecule has 0 aliphatic heterocycles. The number of benzene rings is 1. The molecule has 0 saturated heterocycles. The summed E-state index contributed by atoms with van der Waals surface area (Å²) in [6.45, 7) is 7.03. The van der Waals surface area contributed by atoms with Crippen LogP contribution in [-0.2, 0) is 13.0 Å². The first-order chi connectivity index (χ1) is 11.7. The van der Waals surface area contributed by atoms with Crippen LogP contribution < -0.4 is 10.1 Å². The van der Waals surface area contributed by atoms with Gasteiger partial charge in [0.15, 0.2) is 5.96 Å². The molecule has 0 radical (unpaired) electrons. The fourth-order valence-electron chi connectivity index (χ4n) is 2.12. The van der Waals surface area contributed by atoms with E-state index in [2.05, 4.69) is 34.0 Å². The molecule has 1 heterocycles. The maximum atomic E-state index is 5.75. The number of aliphatic imine (C=N–C) groups is 1. The lowest BCUT2D eigenvalue weighted by molar-refractivity contribution is 0.281. The number of aryl methyl sites for hydroxylation is 1. The monoisotopic (exact) mass is 474 g/mol. The van der Waals surface area contributed by atoms with Crippen molar-refractivity contribution in [3.05, 3.63) is 46.4 Å². The number of para-hydroxylation sites is 1. The van der Waals surface area contributed by atoms with Crippen molar-refractivity contribution in [1.29, 1.82) is 0 Å². The van der Waals surface area contributed by atoms with Crippen molar-refractivity contribution in [1.82, 2.24) is 15.2 Å². The Bertz CT molecular complexity index is 633. The van der Waals surface area contributed by atoms with Crippen LogP contribution in [0.2, 0.25) is 0 Å². The molecule has 0 unspecified atom stereocenters. The zero-order valence-corrected chi connectivity index (χ0v) is 18.2. The van der Waals surface area contributed by atoms with E-state index in [0.717, 1.165) is 36.2 Å². The molecule has 5 nitrogen and oxygen atoms in total. The second kappa shape index (κ2) is 12.1. The van der Waals surface area contributed by atoms with Crippen LogP contribution in [0.5, 0.6) is 5.75 Å². The van der Waals surface area contributed by atoms with Crippen LogP contribution in [-0.4, -0.2) is 42.6 Å². The Labute approximate surface area is 171 Å². The van der Waals surface area contributed by atoms with E-state index in [1.807, 2.05) is 43.6 Å². The minimum atomic E-state index is 0. The molecule has 0 amide bonds. The third kappa shape index (κ3) is 7.60. The number of thiazole rings is 1. The van der Waals surface area contributed by atoms with Crippen LogP contribution in [0, 0.1) is 0 Å². The summed E-state index contributed by atoms with van der Waals surface area (Å²) in [6, 6.07) is 9.87. The molecule has 25 heavy (non-hydrogen) atoms. The Kier molecular flexibility index (Phi) is 10.5. The maximum Gasteiger partial charge on any atom is 0.194 e. The van der Waals surface area contributed by atoms with E-state index in [-0.39, 0.29) is 24.0 Å². The second-order valence-electron chi connectivity index (χ2n) is 5.33. The predicted molar refractivity (Wildman–Crippen MR) is 116 cm³/mol. The van der Waals surface area contributed by atoms with E-state index in [4.69, 9.17) is 4.74 Å². The topological polar surface area (TPSA) is 49.8 Å². The van der Waals surface area contributed by atoms with Gasteiger partial charge in [0.25, 0.3) is 0 Å². The highest BCUT2D eigenvalue weighted by atomic mass is 127. The van der Waals surface area contributed by atoms with Gasteiger partial charge in [-0.25, -0.2) is 9.98 Å². The van der Waals surface area contributed by atoms with Gasteiger partial charge in [-0.3, -0.25) is 0 Å². The van der Waals surface area contributed by atoms with Gasteiger partial charge in [-0.05, 0) is 25.5 Å². The Hall–Kier alpha value is -1.35. The quantitative estimate of drug-likeness (QED) is 0.359. The number of rotatable bonds is 8. The van der Waals surface area contributed by atoms with Crippen molar-refractivity contribution in [2.24, 2.45) is 4.99 Å². The van der Waals surface area contributed by atoms with Crippen LogP contribution in [0.25, 0.3) is 0 Å². The summed E-state index contributed by atoms with van der Waals surface area (Å²) in [5, 5.41) is 4.37. The van der Waals surface area contributed by atoms with E-state index in [9.17, 15) is 0 Å². The molecule has 1 aromatic carbocycles. The summed E-state index contributed by atoms with van der Waals surface area (Å²) in [5.74, 6) is 1.77. The first-order valence-corrected chi connectivity index (χ1v) is 9.15. The third-order valence-corrected chi connectivity index (χ3v) is 4.58. The minimum absolute atomic E-state index is 0. The molecule has 2 aromatic rings. The summed E-state index contributed by atoms with van der Waals surface area (Å²) in [7, 11) is 2.02. The van der Waals surface area contributed by atoms with Gasteiger partial charge in [-0.1, -0.05) is 25.1 Å². The number of aromatic nitrogens is 1. The first-order valence-electron chi connectivity index (χ1n) is 8.33. The van der Waals surface area contributed by atoms with Crippen molar-refractivity contribution in [2.75, 3.05) is 26.7 Å². The summed E-state index contributed by atoms with van der Waals surface area (Å²) in [4.78, 5) is 12.5. The summed E-state index contributed by atoms with van der Waals surface area (Å²) >= 11 is 1.73. The highest BCUT2D eigenvalue weighted by molar-refractivity contribution is 14.0. The minimum Gasteiger partial charge on any atom is -0.492 e. The fraction of sp³-hybridized carbons (Fsp3) is 0.444. The molecule has 1 aromatic heterocycles. The van der Waals surface area contributed by atoms with Gasteiger partial charge in [0.05, 0.1) is 13.1 Å². The largest absolute Gasteiger partial charge is 0.492 e. The van der Waals surface area contributed by atoms with Gasteiger partial charge in [0, 0.05) is 24.7 Å². The van der Waals surface area contributed by atoms with Crippen LogP contribution in [0.1, 0.15) is 23.7 Å². The molecule has 138 valence electrons.